The van der Waals surface area contributed by atoms with Crippen LogP contribution in [-0.4, -0.2) is 7.11 Å². The number of halogens is 1. The van der Waals surface area contributed by atoms with Crippen molar-refractivity contribution in [2.75, 3.05) is 7.11 Å². The van der Waals surface area contributed by atoms with Gasteiger partial charge in [-0.15, -0.1) is 0 Å². The third-order valence-electron chi connectivity index (χ3n) is 3.73. The van der Waals surface area contributed by atoms with Crippen LogP contribution in [0.3, 0.4) is 0 Å². The Labute approximate surface area is 126 Å². The largest absolute Gasteiger partial charge is 0.494 e. The van der Waals surface area contributed by atoms with Crippen molar-refractivity contribution in [1.29, 1.82) is 0 Å². The summed E-state index contributed by atoms with van der Waals surface area (Å²) in [6.45, 7) is 6.95. The van der Waals surface area contributed by atoms with Crippen LogP contribution in [0.25, 0.3) is 0 Å². The van der Waals surface area contributed by atoms with Gasteiger partial charge in [-0.2, -0.15) is 0 Å². The molecule has 1 atom stereocenters. The third kappa shape index (κ3) is 3.82. The Morgan fingerprint density at radius 3 is 2.57 bits per heavy atom. The van der Waals surface area contributed by atoms with E-state index in [2.05, 4.69) is 44.3 Å². The lowest BCUT2D eigenvalue weighted by Crippen LogP contribution is -2.19. The minimum atomic E-state index is -0.323. The molecule has 0 amide bonds. The number of benzene rings is 2. The van der Waals surface area contributed by atoms with E-state index in [4.69, 9.17) is 4.74 Å². The maximum Gasteiger partial charge on any atom is 0.165 e. The fourth-order valence-electron chi connectivity index (χ4n) is 2.43. The van der Waals surface area contributed by atoms with E-state index >= 15 is 0 Å². The lowest BCUT2D eigenvalue weighted by molar-refractivity contribution is 0.386. The summed E-state index contributed by atoms with van der Waals surface area (Å²) < 4.78 is 18.6. The summed E-state index contributed by atoms with van der Waals surface area (Å²) in [5.74, 6) is -0.0440. The highest BCUT2D eigenvalue weighted by molar-refractivity contribution is 5.33. The molecule has 0 spiro atoms. The van der Waals surface area contributed by atoms with Crippen molar-refractivity contribution in [1.82, 2.24) is 5.32 Å². The van der Waals surface area contributed by atoms with Crippen LogP contribution in [0.2, 0.25) is 0 Å². The first-order valence-corrected chi connectivity index (χ1v) is 7.14. The molecule has 0 saturated carbocycles. The molecule has 2 rings (SSSR count). The number of aryl methyl sites for hydroxylation is 2. The van der Waals surface area contributed by atoms with Gasteiger partial charge in [0.1, 0.15) is 0 Å². The Bertz CT molecular complexity index is 625. The van der Waals surface area contributed by atoms with E-state index < -0.39 is 0 Å². The molecule has 1 unspecified atom stereocenters. The van der Waals surface area contributed by atoms with Gasteiger partial charge >= 0.3 is 0 Å². The fraction of sp³-hybridized carbons (Fsp3) is 0.333. The van der Waals surface area contributed by atoms with Crippen LogP contribution in [0.1, 0.15) is 35.2 Å². The van der Waals surface area contributed by atoms with Crippen molar-refractivity contribution in [3.63, 3.8) is 0 Å². The standard InChI is InChI=1S/C18H22FNO/c1-12-5-6-13(2)16(9-12)14(3)20-11-15-7-8-18(21-4)17(19)10-15/h5-10,14,20H,11H2,1-4H3. The number of ether oxygens (including phenoxy) is 1. The zero-order chi connectivity index (χ0) is 15.4. The van der Waals surface area contributed by atoms with Gasteiger partial charge in [0.2, 0.25) is 0 Å². The highest BCUT2D eigenvalue weighted by Gasteiger charge is 2.09. The molecule has 0 saturated heterocycles. The van der Waals surface area contributed by atoms with E-state index in [1.54, 1.807) is 6.07 Å². The zero-order valence-corrected chi connectivity index (χ0v) is 13.0. The summed E-state index contributed by atoms with van der Waals surface area (Å²) in [7, 11) is 1.47. The fourth-order valence-corrected chi connectivity index (χ4v) is 2.43. The molecular weight excluding hydrogens is 265 g/mol. The molecule has 21 heavy (non-hydrogen) atoms. The first kappa shape index (κ1) is 15.5. The molecule has 0 aromatic heterocycles. The molecule has 0 fully saturated rings. The van der Waals surface area contributed by atoms with Crippen LogP contribution in [0.4, 0.5) is 4.39 Å². The average molecular weight is 287 g/mol. The quantitative estimate of drug-likeness (QED) is 0.885. The Hall–Kier alpha value is -1.87. The van der Waals surface area contributed by atoms with Crippen LogP contribution >= 0.6 is 0 Å². The summed E-state index contributed by atoms with van der Waals surface area (Å²) in [6, 6.07) is 11.7. The molecule has 2 aromatic carbocycles. The lowest BCUT2D eigenvalue weighted by atomic mass is 10.00. The van der Waals surface area contributed by atoms with Gasteiger partial charge in [-0.3, -0.25) is 0 Å². The molecule has 0 aliphatic rings. The minimum absolute atomic E-state index is 0.218. The van der Waals surface area contributed by atoms with Crippen LogP contribution in [-0.2, 0) is 6.54 Å². The van der Waals surface area contributed by atoms with Gasteiger partial charge in [-0.25, -0.2) is 4.39 Å². The highest BCUT2D eigenvalue weighted by atomic mass is 19.1. The van der Waals surface area contributed by atoms with Gasteiger partial charge in [-0.1, -0.05) is 29.8 Å². The molecule has 3 heteroatoms. The van der Waals surface area contributed by atoms with Crippen molar-refractivity contribution in [2.45, 2.75) is 33.4 Å². The SMILES string of the molecule is COc1ccc(CNC(C)c2cc(C)ccc2C)cc1F. The molecule has 2 aromatic rings. The minimum Gasteiger partial charge on any atom is -0.494 e. The summed E-state index contributed by atoms with van der Waals surface area (Å²) >= 11 is 0. The molecule has 2 nitrogen and oxygen atoms in total. The number of nitrogens with one attached hydrogen (secondary N) is 1. The van der Waals surface area contributed by atoms with E-state index in [0.717, 1.165) is 5.56 Å². The third-order valence-corrected chi connectivity index (χ3v) is 3.73. The normalized spacial score (nSPS) is 12.2. The predicted octanol–water partition coefficient (Wildman–Crippen LogP) is 4.30. The van der Waals surface area contributed by atoms with E-state index in [1.165, 1.54) is 29.9 Å². The number of rotatable bonds is 5. The highest BCUT2D eigenvalue weighted by Crippen LogP contribution is 2.21. The number of hydrogen-bond acceptors (Lipinski definition) is 2. The first-order valence-electron chi connectivity index (χ1n) is 7.14. The molecule has 0 bridgehead atoms. The lowest BCUT2D eigenvalue weighted by Gasteiger charge is -2.17. The van der Waals surface area contributed by atoms with Crippen LogP contribution in [0.15, 0.2) is 36.4 Å². The van der Waals surface area contributed by atoms with Gasteiger partial charge in [0.15, 0.2) is 11.6 Å². The summed E-state index contributed by atoms with van der Waals surface area (Å²) in [5, 5.41) is 3.44. The van der Waals surface area contributed by atoms with Crippen LogP contribution in [0, 0.1) is 19.7 Å². The monoisotopic (exact) mass is 287 g/mol. The van der Waals surface area contributed by atoms with Crippen molar-refractivity contribution < 1.29 is 9.13 Å². The summed E-state index contributed by atoms with van der Waals surface area (Å²) in [6.07, 6.45) is 0. The maximum absolute atomic E-state index is 13.7. The molecule has 1 N–H and O–H groups in total. The van der Waals surface area contributed by atoms with Gasteiger partial charge < -0.3 is 10.1 Å². The second kappa shape index (κ2) is 6.72. The molecule has 0 heterocycles. The van der Waals surface area contributed by atoms with E-state index in [9.17, 15) is 4.39 Å². The molecule has 0 radical (unpaired) electrons. The molecule has 112 valence electrons. The van der Waals surface area contributed by atoms with Crippen molar-refractivity contribution in [2.24, 2.45) is 0 Å². The maximum atomic E-state index is 13.7. The Morgan fingerprint density at radius 2 is 1.90 bits per heavy atom. The van der Waals surface area contributed by atoms with E-state index in [0.29, 0.717) is 6.54 Å². The van der Waals surface area contributed by atoms with E-state index in [1.807, 2.05) is 6.07 Å². The van der Waals surface area contributed by atoms with Crippen molar-refractivity contribution >= 4 is 0 Å². The smallest absolute Gasteiger partial charge is 0.165 e. The Kier molecular flexibility index (Phi) is 4.97. The number of hydrogen-bond donors (Lipinski definition) is 1. The predicted molar refractivity (Wildman–Crippen MR) is 84.1 cm³/mol. The average Bonchev–Trinajstić information content (AvgIpc) is 2.47. The van der Waals surface area contributed by atoms with Crippen molar-refractivity contribution in [3.8, 4) is 5.75 Å². The molecule has 0 aliphatic carbocycles. The van der Waals surface area contributed by atoms with Gasteiger partial charge in [0, 0.05) is 12.6 Å². The van der Waals surface area contributed by atoms with Gasteiger partial charge in [-0.05, 0) is 49.6 Å². The zero-order valence-electron chi connectivity index (χ0n) is 13.0. The van der Waals surface area contributed by atoms with Gasteiger partial charge in [0.25, 0.3) is 0 Å². The number of methoxy groups -OCH3 is 1. The summed E-state index contributed by atoms with van der Waals surface area (Å²) in [4.78, 5) is 0. The Morgan fingerprint density at radius 1 is 1.14 bits per heavy atom. The van der Waals surface area contributed by atoms with E-state index in [-0.39, 0.29) is 17.6 Å². The van der Waals surface area contributed by atoms with Crippen LogP contribution in [0.5, 0.6) is 5.75 Å². The second-order valence-electron chi connectivity index (χ2n) is 5.43. The van der Waals surface area contributed by atoms with Crippen molar-refractivity contribution in [3.05, 3.63) is 64.5 Å². The molecular formula is C18H22FNO. The molecule has 0 aliphatic heterocycles. The first-order chi connectivity index (χ1) is 10.0. The van der Waals surface area contributed by atoms with Gasteiger partial charge in [0.05, 0.1) is 7.11 Å². The summed E-state index contributed by atoms with van der Waals surface area (Å²) in [5.41, 5.74) is 4.70. The second-order valence-corrected chi connectivity index (χ2v) is 5.43. The van der Waals surface area contributed by atoms with Crippen LogP contribution < -0.4 is 10.1 Å². The topological polar surface area (TPSA) is 21.3 Å². The Balaban J connectivity index is 2.05.